The van der Waals surface area contributed by atoms with Crippen molar-refractivity contribution in [1.29, 1.82) is 0 Å². The van der Waals surface area contributed by atoms with E-state index >= 15 is 0 Å². The van der Waals surface area contributed by atoms with Gasteiger partial charge < -0.3 is 5.32 Å². The van der Waals surface area contributed by atoms with Crippen molar-refractivity contribution in [1.82, 2.24) is 5.32 Å². The van der Waals surface area contributed by atoms with Gasteiger partial charge in [-0.05, 0) is 45.7 Å². The van der Waals surface area contributed by atoms with Crippen molar-refractivity contribution in [3.8, 4) is 11.8 Å². The molecule has 0 radical (unpaired) electrons. The van der Waals surface area contributed by atoms with Gasteiger partial charge in [0.15, 0.2) is 0 Å². The zero-order valence-electron chi connectivity index (χ0n) is 9.78. The smallest absolute Gasteiger partial charge is 0.0233 e. The van der Waals surface area contributed by atoms with Gasteiger partial charge in [0.05, 0.1) is 0 Å². The molecular weight excluding hydrogens is 170 g/mol. The lowest BCUT2D eigenvalue weighted by Gasteiger charge is -2.21. The average Bonchev–Trinajstić information content (AvgIpc) is 2.06. The van der Waals surface area contributed by atoms with E-state index in [0.717, 1.165) is 19.5 Å². The zero-order chi connectivity index (χ0) is 10.6. The maximum Gasteiger partial charge on any atom is 0.0233 e. The molecule has 1 saturated heterocycles. The fraction of sp³-hybridized carbons (Fsp3) is 0.692. The van der Waals surface area contributed by atoms with Crippen molar-refractivity contribution >= 4 is 0 Å². The normalized spacial score (nSPS) is 25.7. The Balaban J connectivity index is 2.61. The summed E-state index contributed by atoms with van der Waals surface area (Å²) in [6.07, 6.45) is 3.27. The van der Waals surface area contributed by atoms with Gasteiger partial charge in [0, 0.05) is 12.0 Å². The Hall–Kier alpha value is -0.740. The van der Waals surface area contributed by atoms with E-state index in [1.165, 1.54) is 5.57 Å². The van der Waals surface area contributed by atoms with Crippen LogP contribution in [-0.4, -0.2) is 13.1 Å². The Kier molecular flexibility index (Phi) is 3.77. The van der Waals surface area contributed by atoms with Crippen LogP contribution in [0.1, 0.15) is 34.1 Å². The molecule has 1 atom stereocenters. The fourth-order valence-corrected chi connectivity index (χ4v) is 1.49. The van der Waals surface area contributed by atoms with Gasteiger partial charge in [-0.1, -0.05) is 24.3 Å². The Labute approximate surface area is 88.0 Å². The van der Waals surface area contributed by atoms with Gasteiger partial charge in [0.1, 0.15) is 0 Å². The second-order valence-electron chi connectivity index (χ2n) is 5.09. The molecule has 0 aromatic heterocycles. The summed E-state index contributed by atoms with van der Waals surface area (Å²) in [6, 6.07) is 0. The van der Waals surface area contributed by atoms with Crippen LogP contribution in [0.25, 0.3) is 0 Å². The molecule has 0 saturated carbocycles. The Bertz CT molecular complexity index is 270. The lowest BCUT2D eigenvalue weighted by Crippen LogP contribution is -2.29. The quantitative estimate of drug-likeness (QED) is 0.580. The molecule has 78 valence electrons. The first-order valence-corrected chi connectivity index (χ1v) is 5.41. The van der Waals surface area contributed by atoms with Crippen molar-refractivity contribution in [2.75, 3.05) is 13.1 Å². The topological polar surface area (TPSA) is 12.0 Å². The number of piperidine rings is 1. The molecule has 1 aliphatic rings. The molecule has 0 amide bonds. The summed E-state index contributed by atoms with van der Waals surface area (Å²) in [6.45, 7) is 10.9. The molecule has 0 spiro atoms. The van der Waals surface area contributed by atoms with Crippen LogP contribution in [0, 0.1) is 23.2 Å². The first-order chi connectivity index (χ1) is 6.49. The molecule has 1 aliphatic heterocycles. The van der Waals surface area contributed by atoms with Crippen LogP contribution in [-0.2, 0) is 0 Å². The van der Waals surface area contributed by atoms with Gasteiger partial charge in [0.25, 0.3) is 0 Å². The highest BCUT2D eigenvalue weighted by Crippen LogP contribution is 2.17. The Morgan fingerprint density at radius 1 is 1.43 bits per heavy atom. The van der Waals surface area contributed by atoms with Gasteiger partial charge in [-0.3, -0.25) is 0 Å². The molecule has 1 rings (SSSR count). The minimum atomic E-state index is 0.118. The number of hydrogen-bond acceptors (Lipinski definition) is 1. The van der Waals surface area contributed by atoms with E-state index in [2.05, 4.69) is 50.9 Å². The van der Waals surface area contributed by atoms with Crippen LogP contribution < -0.4 is 5.32 Å². The number of rotatable bonds is 0. The van der Waals surface area contributed by atoms with Gasteiger partial charge in [-0.15, -0.1) is 0 Å². The third-order valence-corrected chi connectivity index (χ3v) is 2.38. The number of nitrogens with one attached hydrogen (secondary N) is 1. The van der Waals surface area contributed by atoms with Gasteiger partial charge in [-0.25, -0.2) is 0 Å². The summed E-state index contributed by atoms with van der Waals surface area (Å²) in [5.41, 5.74) is 1.62. The van der Waals surface area contributed by atoms with E-state index in [-0.39, 0.29) is 5.41 Å². The lowest BCUT2D eigenvalue weighted by molar-refractivity contribution is 0.502. The molecule has 0 aromatic carbocycles. The minimum Gasteiger partial charge on any atom is -0.316 e. The molecular formula is C13H21N. The van der Waals surface area contributed by atoms with Gasteiger partial charge in [-0.2, -0.15) is 0 Å². The van der Waals surface area contributed by atoms with Crippen LogP contribution in [0.2, 0.25) is 0 Å². The molecule has 0 aliphatic carbocycles. The molecule has 1 fully saturated rings. The summed E-state index contributed by atoms with van der Waals surface area (Å²) in [5.74, 6) is 7.08. The summed E-state index contributed by atoms with van der Waals surface area (Å²) in [4.78, 5) is 0. The SMILES string of the molecule is CC1CNCC/C1=C\C#CC(C)(C)C. The fourth-order valence-electron chi connectivity index (χ4n) is 1.49. The van der Waals surface area contributed by atoms with E-state index in [9.17, 15) is 0 Å². The first-order valence-electron chi connectivity index (χ1n) is 5.41. The van der Waals surface area contributed by atoms with E-state index in [4.69, 9.17) is 0 Å². The van der Waals surface area contributed by atoms with Crippen LogP contribution in [0.3, 0.4) is 0 Å². The third kappa shape index (κ3) is 3.98. The molecule has 0 bridgehead atoms. The second kappa shape index (κ2) is 4.66. The second-order valence-corrected chi connectivity index (χ2v) is 5.09. The van der Waals surface area contributed by atoms with Crippen molar-refractivity contribution in [2.24, 2.45) is 11.3 Å². The van der Waals surface area contributed by atoms with E-state index in [1.807, 2.05) is 0 Å². The van der Waals surface area contributed by atoms with Crippen molar-refractivity contribution in [2.45, 2.75) is 34.1 Å². The summed E-state index contributed by atoms with van der Waals surface area (Å²) < 4.78 is 0. The standard InChI is InChI=1S/C13H21N/c1-11-10-14-9-7-12(11)6-5-8-13(2,3)4/h6,11,14H,7,9-10H2,1-4H3/b12-6+. The average molecular weight is 191 g/mol. The number of hydrogen-bond donors (Lipinski definition) is 1. The Morgan fingerprint density at radius 2 is 2.14 bits per heavy atom. The third-order valence-electron chi connectivity index (χ3n) is 2.38. The van der Waals surface area contributed by atoms with Gasteiger partial charge in [0.2, 0.25) is 0 Å². The highest BCUT2D eigenvalue weighted by atomic mass is 14.9. The van der Waals surface area contributed by atoms with Gasteiger partial charge >= 0.3 is 0 Å². The minimum absolute atomic E-state index is 0.118. The molecule has 14 heavy (non-hydrogen) atoms. The maximum absolute atomic E-state index is 3.38. The van der Waals surface area contributed by atoms with Crippen molar-refractivity contribution < 1.29 is 0 Å². The van der Waals surface area contributed by atoms with Crippen LogP contribution in [0.15, 0.2) is 11.6 Å². The largest absolute Gasteiger partial charge is 0.316 e. The summed E-state index contributed by atoms with van der Waals surface area (Å²) in [5, 5.41) is 3.38. The molecule has 1 heterocycles. The summed E-state index contributed by atoms with van der Waals surface area (Å²) in [7, 11) is 0. The summed E-state index contributed by atoms with van der Waals surface area (Å²) >= 11 is 0. The molecule has 0 aromatic rings. The molecule has 1 heteroatoms. The van der Waals surface area contributed by atoms with Crippen LogP contribution in [0.5, 0.6) is 0 Å². The Morgan fingerprint density at radius 3 is 2.71 bits per heavy atom. The van der Waals surface area contributed by atoms with Crippen LogP contribution >= 0.6 is 0 Å². The number of allylic oxidation sites excluding steroid dienone is 1. The van der Waals surface area contributed by atoms with Crippen LogP contribution in [0.4, 0.5) is 0 Å². The zero-order valence-corrected chi connectivity index (χ0v) is 9.78. The van der Waals surface area contributed by atoms with E-state index < -0.39 is 0 Å². The predicted octanol–water partition coefficient (Wildman–Crippen LogP) is 2.59. The monoisotopic (exact) mass is 191 g/mol. The highest BCUT2D eigenvalue weighted by molar-refractivity contribution is 5.25. The predicted molar refractivity (Wildman–Crippen MR) is 62.0 cm³/mol. The molecule has 1 unspecified atom stereocenters. The molecule has 1 N–H and O–H groups in total. The van der Waals surface area contributed by atoms with Crippen molar-refractivity contribution in [3.63, 3.8) is 0 Å². The van der Waals surface area contributed by atoms with E-state index in [0.29, 0.717) is 5.92 Å². The molecule has 1 nitrogen and oxygen atoms in total. The lowest BCUT2D eigenvalue weighted by atomic mass is 9.93. The van der Waals surface area contributed by atoms with E-state index in [1.54, 1.807) is 0 Å². The first kappa shape index (κ1) is 11.3. The van der Waals surface area contributed by atoms with Crippen molar-refractivity contribution in [3.05, 3.63) is 11.6 Å². The maximum atomic E-state index is 3.38. The highest BCUT2D eigenvalue weighted by Gasteiger charge is 2.12.